The number of nitrogens with two attached hydrogens (primary N) is 1. The summed E-state index contributed by atoms with van der Waals surface area (Å²) in [6.07, 6.45) is -0.0293. The Balaban J connectivity index is 2.23. The zero-order valence-electron chi connectivity index (χ0n) is 8.73. The van der Waals surface area contributed by atoms with Crippen molar-refractivity contribution in [3.05, 3.63) is 0 Å². The molecule has 1 aliphatic rings. The van der Waals surface area contributed by atoms with Crippen molar-refractivity contribution in [1.29, 1.82) is 0 Å². The highest BCUT2D eigenvalue weighted by atomic mass is 16.3. The van der Waals surface area contributed by atoms with E-state index in [9.17, 15) is 4.79 Å². The van der Waals surface area contributed by atoms with Crippen LogP contribution in [0.3, 0.4) is 0 Å². The maximum atomic E-state index is 10.6. The first-order chi connectivity index (χ1) is 6.50. The Labute approximate surface area is 84.3 Å². The molecule has 0 aromatic heterocycles. The molecule has 0 aliphatic carbocycles. The summed E-state index contributed by atoms with van der Waals surface area (Å²) in [6.45, 7) is 3.36. The number of nitrogens with zero attached hydrogens (tertiary/aromatic N) is 1. The fourth-order valence-corrected chi connectivity index (χ4v) is 1.72. The molecule has 1 saturated heterocycles. The summed E-state index contributed by atoms with van der Waals surface area (Å²) in [6, 6.07) is 0.905. The lowest BCUT2D eigenvalue weighted by molar-refractivity contribution is -0.125. The highest BCUT2D eigenvalue weighted by Gasteiger charge is 2.26. The highest BCUT2D eigenvalue weighted by Crippen LogP contribution is 2.14. The number of primary amides is 1. The fourth-order valence-electron chi connectivity index (χ4n) is 1.72. The first-order valence-corrected chi connectivity index (χ1v) is 4.91. The second-order valence-corrected chi connectivity index (χ2v) is 4.05. The maximum Gasteiger partial charge on any atom is 0.247 e. The second-order valence-electron chi connectivity index (χ2n) is 4.05. The van der Waals surface area contributed by atoms with Crippen molar-refractivity contribution in [3.8, 4) is 0 Å². The van der Waals surface area contributed by atoms with Crippen molar-refractivity contribution in [3.63, 3.8) is 0 Å². The third kappa shape index (κ3) is 2.94. The minimum atomic E-state index is -1.07. The number of carbonyl (C=O) groups excluding carboxylic acids is 1. The number of aliphatic hydroxyl groups is 1. The van der Waals surface area contributed by atoms with Crippen LogP contribution in [0.5, 0.6) is 0 Å². The van der Waals surface area contributed by atoms with Gasteiger partial charge in [-0.1, -0.05) is 0 Å². The van der Waals surface area contributed by atoms with E-state index >= 15 is 0 Å². The number of amides is 1. The number of likely N-dealkylation sites (N-methyl/N-ethyl adjacent to an activating group) is 1. The van der Waals surface area contributed by atoms with Crippen LogP contribution in [-0.4, -0.2) is 54.2 Å². The van der Waals surface area contributed by atoms with E-state index in [0.29, 0.717) is 12.1 Å². The quantitative estimate of drug-likeness (QED) is 0.518. The van der Waals surface area contributed by atoms with Crippen LogP contribution in [0, 0.1) is 0 Å². The minimum Gasteiger partial charge on any atom is -0.382 e. The van der Waals surface area contributed by atoms with Crippen molar-refractivity contribution in [2.75, 3.05) is 20.1 Å². The van der Waals surface area contributed by atoms with Crippen LogP contribution in [0.4, 0.5) is 0 Å². The van der Waals surface area contributed by atoms with Crippen LogP contribution < -0.4 is 11.1 Å². The molecule has 0 aromatic carbocycles. The summed E-state index contributed by atoms with van der Waals surface area (Å²) >= 11 is 0. The zero-order valence-corrected chi connectivity index (χ0v) is 8.73. The first kappa shape index (κ1) is 11.4. The lowest BCUT2D eigenvalue weighted by atomic mass is 10.2. The van der Waals surface area contributed by atoms with Gasteiger partial charge in [0.05, 0.1) is 0 Å². The number of likely N-dealkylation sites (tertiary alicyclic amines) is 1. The van der Waals surface area contributed by atoms with Crippen LogP contribution in [0.2, 0.25) is 0 Å². The van der Waals surface area contributed by atoms with E-state index in [2.05, 4.69) is 24.2 Å². The summed E-state index contributed by atoms with van der Waals surface area (Å²) < 4.78 is 0. The summed E-state index contributed by atoms with van der Waals surface area (Å²) in [4.78, 5) is 12.8. The minimum absolute atomic E-state index is 0.251. The normalized spacial score (nSPS) is 30.5. The fraction of sp³-hybridized carbons (Fsp3) is 0.889. The van der Waals surface area contributed by atoms with E-state index in [1.165, 1.54) is 0 Å². The Hall–Kier alpha value is -0.650. The van der Waals surface area contributed by atoms with Gasteiger partial charge in [0.2, 0.25) is 5.91 Å². The molecule has 0 saturated carbocycles. The average molecular weight is 201 g/mol. The van der Waals surface area contributed by atoms with Gasteiger partial charge in [-0.15, -0.1) is 0 Å². The summed E-state index contributed by atoms with van der Waals surface area (Å²) in [5.74, 6) is -0.670. The standard InChI is InChI=1S/C9H19N3O2/c1-6-3-7(5-12(6)2)11-4-8(13)9(10)14/h6-8,11,13H,3-5H2,1-2H3,(H2,10,14). The topological polar surface area (TPSA) is 78.6 Å². The van der Waals surface area contributed by atoms with Crippen molar-refractivity contribution >= 4 is 5.91 Å². The Morgan fingerprint density at radius 2 is 2.43 bits per heavy atom. The van der Waals surface area contributed by atoms with Gasteiger partial charge in [-0.2, -0.15) is 0 Å². The van der Waals surface area contributed by atoms with E-state index in [-0.39, 0.29) is 6.54 Å². The van der Waals surface area contributed by atoms with Crippen LogP contribution >= 0.6 is 0 Å². The molecule has 5 nitrogen and oxygen atoms in total. The number of rotatable bonds is 4. The predicted octanol–water partition coefficient (Wildman–Crippen LogP) is -1.49. The number of hydrogen-bond acceptors (Lipinski definition) is 4. The van der Waals surface area contributed by atoms with Gasteiger partial charge in [0.15, 0.2) is 0 Å². The van der Waals surface area contributed by atoms with Gasteiger partial charge < -0.3 is 21.1 Å². The highest BCUT2D eigenvalue weighted by molar-refractivity contribution is 5.78. The molecule has 82 valence electrons. The van der Waals surface area contributed by atoms with Crippen molar-refractivity contribution < 1.29 is 9.90 Å². The van der Waals surface area contributed by atoms with Crippen molar-refractivity contribution in [2.24, 2.45) is 5.73 Å². The van der Waals surface area contributed by atoms with Crippen LogP contribution in [0.1, 0.15) is 13.3 Å². The Bertz CT molecular complexity index is 200. The van der Waals surface area contributed by atoms with E-state index in [4.69, 9.17) is 10.8 Å². The number of carbonyl (C=O) groups is 1. The second kappa shape index (κ2) is 4.72. The Morgan fingerprint density at radius 3 is 2.86 bits per heavy atom. The molecule has 1 amide bonds. The van der Waals surface area contributed by atoms with Gasteiger partial charge in [0, 0.05) is 25.2 Å². The lowest BCUT2D eigenvalue weighted by Crippen LogP contribution is -2.42. The molecule has 1 heterocycles. The Morgan fingerprint density at radius 1 is 1.79 bits per heavy atom. The molecule has 0 spiro atoms. The SMILES string of the molecule is CC1CC(NCC(O)C(N)=O)CN1C. The van der Waals surface area contributed by atoms with Gasteiger partial charge >= 0.3 is 0 Å². The molecule has 1 aliphatic heterocycles. The molecule has 0 bridgehead atoms. The maximum absolute atomic E-state index is 10.6. The van der Waals surface area contributed by atoms with Gasteiger partial charge in [-0.25, -0.2) is 0 Å². The first-order valence-electron chi connectivity index (χ1n) is 4.91. The van der Waals surface area contributed by atoms with Crippen molar-refractivity contribution in [1.82, 2.24) is 10.2 Å². The van der Waals surface area contributed by atoms with Gasteiger partial charge in [-0.3, -0.25) is 4.79 Å². The van der Waals surface area contributed by atoms with Crippen molar-refractivity contribution in [2.45, 2.75) is 31.5 Å². The molecular weight excluding hydrogens is 182 g/mol. The molecule has 0 radical (unpaired) electrons. The summed E-state index contributed by atoms with van der Waals surface area (Å²) in [5, 5.41) is 12.3. The van der Waals surface area contributed by atoms with E-state index in [1.54, 1.807) is 0 Å². The molecule has 5 heteroatoms. The number of aliphatic hydroxyl groups excluding tert-OH is 1. The summed E-state index contributed by atoms with van der Waals surface area (Å²) in [7, 11) is 2.07. The number of nitrogens with one attached hydrogen (secondary N) is 1. The van der Waals surface area contributed by atoms with E-state index < -0.39 is 12.0 Å². The lowest BCUT2D eigenvalue weighted by Gasteiger charge is -2.14. The van der Waals surface area contributed by atoms with Gasteiger partial charge in [0.1, 0.15) is 6.10 Å². The molecule has 14 heavy (non-hydrogen) atoms. The van der Waals surface area contributed by atoms with Gasteiger partial charge in [0.25, 0.3) is 0 Å². The number of hydrogen-bond donors (Lipinski definition) is 3. The molecule has 3 unspecified atom stereocenters. The molecule has 4 N–H and O–H groups in total. The third-order valence-electron chi connectivity index (χ3n) is 2.81. The Kier molecular flexibility index (Phi) is 3.86. The smallest absolute Gasteiger partial charge is 0.247 e. The van der Waals surface area contributed by atoms with Crippen LogP contribution in [0.25, 0.3) is 0 Å². The monoisotopic (exact) mass is 201 g/mol. The largest absolute Gasteiger partial charge is 0.382 e. The zero-order chi connectivity index (χ0) is 10.7. The van der Waals surface area contributed by atoms with E-state index in [1.807, 2.05) is 0 Å². The summed E-state index contributed by atoms with van der Waals surface area (Å²) in [5.41, 5.74) is 4.94. The average Bonchev–Trinajstić information content (AvgIpc) is 2.42. The molecule has 3 atom stereocenters. The molecule has 1 fully saturated rings. The molecule has 0 aromatic rings. The van der Waals surface area contributed by atoms with E-state index in [0.717, 1.165) is 13.0 Å². The molecular formula is C9H19N3O2. The van der Waals surface area contributed by atoms with Gasteiger partial charge in [-0.05, 0) is 20.4 Å². The predicted molar refractivity (Wildman–Crippen MR) is 53.7 cm³/mol. The van der Waals surface area contributed by atoms with Crippen LogP contribution in [0.15, 0.2) is 0 Å². The third-order valence-corrected chi connectivity index (χ3v) is 2.81. The van der Waals surface area contributed by atoms with Crippen LogP contribution in [-0.2, 0) is 4.79 Å². The molecule has 1 rings (SSSR count).